The fourth-order valence-electron chi connectivity index (χ4n) is 2.25. The van der Waals surface area contributed by atoms with E-state index in [4.69, 9.17) is 14.2 Å². The number of amides is 1. The van der Waals surface area contributed by atoms with Crippen molar-refractivity contribution in [3.63, 3.8) is 0 Å². The Morgan fingerprint density at radius 1 is 1.08 bits per heavy atom. The van der Waals surface area contributed by atoms with Gasteiger partial charge in [0.15, 0.2) is 11.5 Å². The smallest absolute Gasteiger partial charge is 0.337 e. The minimum Gasteiger partial charge on any atom is -0.494 e. The Labute approximate surface area is 145 Å². The number of hydrogen-bond donors (Lipinski definition) is 2. The number of rotatable bonds is 7. The number of carboxylic acids is 1. The summed E-state index contributed by atoms with van der Waals surface area (Å²) >= 11 is 0. The monoisotopic (exact) mass is 345 g/mol. The van der Waals surface area contributed by atoms with Gasteiger partial charge in [-0.1, -0.05) is 6.07 Å². The zero-order valence-corrected chi connectivity index (χ0v) is 14.2. The van der Waals surface area contributed by atoms with Gasteiger partial charge in [-0.15, -0.1) is 0 Å². The van der Waals surface area contributed by atoms with Crippen LogP contribution in [-0.2, 0) is 0 Å². The third-order valence-corrected chi connectivity index (χ3v) is 3.41. The van der Waals surface area contributed by atoms with E-state index in [-0.39, 0.29) is 17.0 Å². The molecule has 2 aromatic rings. The second-order valence-electron chi connectivity index (χ2n) is 4.97. The Hall–Kier alpha value is -3.22. The minimum absolute atomic E-state index is 0.105. The summed E-state index contributed by atoms with van der Waals surface area (Å²) in [6.45, 7) is 2.32. The summed E-state index contributed by atoms with van der Waals surface area (Å²) in [5, 5.41) is 12.0. The third kappa shape index (κ3) is 4.20. The van der Waals surface area contributed by atoms with Crippen LogP contribution < -0.4 is 19.5 Å². The van der Waals surface area contributed by atoms with Crippen molar-refractivity contribution < 1.29 is 28.9 Å². The van der Waals surface area contributed by atoms with Gasteiger partial charge in [-0.05, 0) is 25.1 Å². The Morgan fingerprint density at radius 3 is 2.36 bits per heavy atom. The Kier molecular flexibility index (Phi) is 5.84. The van der Waals surface area contributed by atoms with E-state index in [1.54, 1.807) is 24.3 Å². The van der Waals surface area contributed by atoms with Gasteiger partial charge in [0.05, 0.1) is 32.1 Å². The minimum atomic E-state index is -1.20. The molecule has 0 aliphatic carbocycles. The van der Waals surface area contributed by atoms with Crippen LogP contribution in [0.1, 0.15) is 27.6 Å². The Balaban J connectivity index is 2.36. The molecule has 0 spiro atoms. The number of carbonyl (C=O) groups is 2. The number of carboxylic acid groups (broad SMARTS) is 1. The highest BCUT2D eigenvalue weighted by molar-refractivity contribution is 6.08. The van der Waals surface area contributed by atoms with Crippen molar-refractivity contribution in [2.24, 2.45) is 0 Å². The quantitative estimate of drug-likeness (QED) is 0.801. The van der Waals surface area contributed by atoms with E-state index in [1.807, 2.05) is 6.92 Å². The number of methoxy groups -OCH3 is 2. The van der Waals surface area contributed by atoms with Gasteiger partial charge in [0, 0.05) is 17.7 Å². The number of anilines is 1. The molecule has 1 amide bonds. The SMILES string of the molecule is CCOc1cccc(C(=O)Nc2cc(OC)c(OC)cc2C(=O)O)c1. The van der Waals surface area contributed by atoms with E-state index in [2.05, 4.69) is 5.32 Å². The molecule has 0 aliphatic heterocycles. The number of aromatic carboxylic acids is 1. The van der Waals surface area contributed by atoms with Gasteiger partial charge in [-0.2, -0.15) is 0 Å². The van der Waals surface area contributed by atoms with Crippen LogP contribution in [0.25, 0.3) is 0 Å². The molecule has 0 radical (unpaired) electrons. The highest BCUT2D eigenvalue weighted by atomic mass is 16.5. The van der Waals surface area contributed by atoms with Gasteiger partial charge >= 0.3 is 5.97 Å². The molecule has 2 rings (SSSR count). The first kappa shape index (κ1) is 18.1. The van der Waals surface area contributed by atoms with E-state index >= 15 is 0 Å². The number of carbonyl (C=O) groups excluding carboxylic acids is 1. The molecule has 0 saturated heterocycles. The molecule has 25 heavy (non-hydrogen) atoms. The first-order valence-electron chi connectivity index (χ1n) is 7.53. The predicted molar refractivity (Wildman–Crippen MR) is 92.1 cm³/mol. The molecular formula is C18H19NO6. The first-order valence-corrected chi connectivity index (χ1v) is 7.53. The largest absolute Gasteiger partial charge is 0.494 e. The predicted octanol–water partition coefficient (Wildman–Crippen LogP) is 3.05. The molecule has 0 bridgehead atoms. The molecule has 2 aromatic carbocycles. The standard InChI is InChI=1S/C18H19NO6/c1-4-25-12-7-5-6-11(8-12)17(20)19-14-10-16(24-3)15(23-2)9-13(14)18(21)22/h5-10H,4H2,1-3H3,(H,19,20)(H,21,22). The Morgan fingerprint density at radius 2 is 1.76 bits per heavy atom. The lowest BCUT2D eigenvalue weighted by Gasteiger charge is -2.14. The molecule has 0 atom stereocenters. The van der Waals surface area contributed by atoms with Gasteiger partial charge in [-0.25, -0.2) is 4.79 Å². The van der Waals surface area contributed by atoms with E-state index in [1.165, 1.54) is 26.4 Å². The van der Waals surface area contributed by atoms with Crippen molar-refractivity contribution in [2.75, 3.05) is 26.1 Å². The number of nitrogens with one attached hydrogen (secondary N) is 1. The van der Waals surface area contributed by atoms with Crippen LogP contribution in [0.15, 0.2) is 36.4 Å². The van der Waals surface area contributed by atoms with Gasteiger partial charge in [-0.3, -0.25) is 4.79 Å². The van der Waals surface area contributed by atoms with E-state index < -0.39 is 11.9 Å². The van der Waals surface area contributed by atoms with Crippen LogP contribution in [0, 0.1) is 0 Å². The molecular weight excluding hydrogens is 326 g/mol. The third-order valence-electron chi connectivity index (χ3n) is 3.41. The number of hydrogen-bond acceptors (Lipinski definition) is 5. The number of benzene rings is 2. The van der Waals surface area contributed by atoms with Crippen LogP contribution in [0.3, 0.4) is 0 Å². The maximum absolute atomic E-state index is 12.5. The van der Waals surface area contributed by atoms with Crippen molar-refractivity contribution in [1.29, 1.82) is 0 Å². The zero-order valence-electron chi connectivity index (χ0n) is 14.2. The summed E-state index contributed by atoms with van der Waals surface area (Å²) in [6, 6.07) is 9.32. The summed E-state index contributed by atoms with van der Waals surface area (Å²) in [7, 11) is 2.83. The van der Waals surface area contributed by atoms with Gasteiger partial charge in [0.25, 0.3) is 5.91 Å². The van der Waals surface area contributed by atoms with Crippen molar-refractivity contribution in [3.8, 4) is 17.2 Å². The van der Waals surface area contributed by atoms with Crippen molar-refractivity contribution in [1.82, 2.24) is 0 Å². The van der Waals surface area contributed by atoms with Gasteiger partial charge < -0.3 is 24.6 Å². The van der Waals surface area contributed by atoms with Crippen LogP contribution in [0.2, 0.25) is 0 Å². The van der Waals surface area contributed by atoms with Crippen molar-refractivity contribution >= 4 is 17.6 Å². The summed E-state index contributed by atoms with van der Waals surface area (Å²) < 4.78 is 15.6. The molecule has 7 nitrogen and oxygen atoms in total. The molecule has 0 heterocycles. The molecule has 2 N–H and O–H groups in total. The first-order chi connectivity index (χ1) is 12.0. The average Bonchev–Trinajstić information content (AvgIpc) is 2.61. The lowest BCUT2D eigenvalue weighted by atomic mass is 10.1. The van der Waals surface area contributed by atoms with Crippen LogP contribution >= 0.6 is 0 Å². The molecule has 0 saturated carbocycles. The second kappa shape index (κ2) is 8.05. The number of ether oxygens (including phenoxy) is 3. The zero-order chi connectivity index (χ0) is 18.4. The van der Waals surface area contributed by atoms with E-state index in [0.29, 0.717) is 23.7 Å². The normalized spacial score (nSPS) is 10.0. The molecule has 0 aromatic heterocycles. The van der Waals surface area contributed by atoms with Crippen LogP contribution in [0.5, 0.6) is 17.2 Å². The molecule has 132 valence electrons. The molecule has 0 fully saturated rings. The summed E-state index contributed by atoms with van der Waals surface area (Å²) in [5.41, 5.74) is 0.348. The molecule has 7 heteroatoms. The highest BCUT2D eigenvalue weighted by Crippen LogP contribution is 2.33. The van der Waals surface area contributed by atoms with Crippen LogP contribution in [-0.4, -0.2) is 37.8 Å². The maximum atomic E-state index is 12.5. The van der Waals surface area contributed by atoms with E-state index in [9.17, 15) is 14.7 Å². The summed E-state index contributed by atoms with van der Waals surface area (Å²) in [6.07, 6.45) is 0. The molecule has 0 aliphatic rings. The Bertz CT molecular complexity index is 787. The lowest BCUT2D eigenvalue weighted by Crippen LogP contribution is -2.15. The average molecular weight is 345 g/mol. The topological polar surface area (TPSA) is 94.1 Å². The summed E-state index contributed by atoms with van der Waals surface area (Å²) in [5.74, 6) is -0.529. The van der Waals surface area contributed by atoms with Gasteiger partial charge in [0.2, 0.25) is 0 Å². The highest BCUT2D eigenvalue weighted by Gasteiger charge is 2.18. The van der Waals surface area contributed by atoms with Crippen molar-refractivity contribution in [2.45, 2.75) is 6.92 Å². The second-order valence-corrected chi connectivity index (χ2v) is 4.97. The maximum Gasteiger partial charge on any atom is 0.337 e. The lowest BCUT2D eigenvalue weighted by molar-refractivity contribution is 0.0697. The van der Waals surface area contributed by atoms with Gasteiger partial charge in [0.1, 0.15) is 5.75 Å². The summed E-state index contributed by atoms with van der Waals surface area (Å²) in [4.78, 5) is 23.9. The van der Waals surface area contributed by atoms with Crippen LogP contribution in [0.4, 0.5) is 5.69 Å². The molecule has 0 unspecified atom stereocenters. The fraction of sp³-hybridized carbons (Fsp3) is 0.222. The van der Waals surface area contributed by atoms with E-state index in [0.717, 1.165) is 0 Å². The van der Waals surface area contributed by atoms with Crippen molar-refractivity contribution in [3.05, 3.63) is 47.5 Å². The fourth-order valence-corrected chi connectivity index (χ4v) is 2.25.